The smallest absolute Gasteiger partial charge is 0.303 e. The first-order valence-electron chi connectivity index (χ1n) is 19.1. The van der Waals surface area contributed by atoms with E-state index in [9.17, 15) is 24.8 Å². The monoisotopic (exact) mass is 750 g/mol. The molecule has 4 aromatic carbocycles. The number of benzene rings is 4. The number of rotatable bonds is 17. The Bertz CT molecular complexity index is 1860. The van der Waals surface area contributed by atoms with Crippen LogP contribution in [0.15, 0.2) is 97.1 Å². The van der Waals surface area contributed by atoms with Crippen molar-refractivity contribution in [1.29, 1.82) is 0 Å². The number of nitro groups is 1. The zero-order chi connectivity index (χ0) is 38.6. The highest BCUT2D eigenvalue weighted by atomic mass is 16.7. The van der Waals surface area contributed by atoms with E-state index in [2.05, 4.69) is 39.4 Å². The quantitative estimate of drug-likeness (QED) is 0.0575. The molecular weight excluding hydrogens is 700 g/mol. The summed E-state index contributed by atoms with van der Waals surface area (Å²) in [6.45, 7) is 4.45. The average Bonchev–Trinajstić information content (AvgIpc) is 3.21. The van der Waals surface area contributed by atoms with Crippen molar-refractivity contribution in [3.05, 3.63) is 129 Å². The van der Waals surface area contributed by atoms with E-state index in [0.717, 1.165) is 91.1 Å². The van der Waals surface area contributed by atoms with Crippen molar-refractivity contribution in [3.8, 4) is 11.1 Å². The van der Waals surface area contributed by atoms with Gasteiger partial charge in [-0.15, -0.1) is 0 Å². The zero-order valence-electron chi connectivity index (χ0n) is 31.1. The fourth-order valence-electron chi connectivity index (χ4n) is 7.19. The van der Waals surface area contributed by atoms with Gasteiger partial charge in [-0.1, -0.05) is 79.6 Å². The molecule has 6 rings (SSSR count). The van der Waals surface area contributed by atoms with Gasteiger partial charge in [0.25, 0.3) is 5.69 Å². The molecule has 12 heteroatoms. The molecule has 2 heterocycles. The largest absolute Gasteiger partial charge is 0.481 e. The Morgan fingerprint density at radius 1 is 0.782 bits per heavy atom. The molecule has 2 aliphatic rings. The van der Waals surface area contributed by atoms with Crippen molar-refractivity contribution in [2.45, 2.75) is 76.6 Å². The number of non-ortho nitro benzene ring substituents is 1. The van der Waals surface area contributed by atoms with E-state index in [1.807, 2.05) is 60.7 Å². The molecule has 2 saturated heterocycles. The number of amides is 1. The van der Waals surface area contributed by atoms with E-state index >= 15 is 0 Å². The van der Waals surface area contributed by atoms with E-state index in [1.165, 1.54) is 0 Å². The van der Waals surface area contributed by atoms with E-state index in [1.54, 1.807) is 12.1 Å². The highest BCUT2D eigenvalue weighted by Gasteiger charge is 2.34. The maximum atomic E-state index is 12.4. The lowest BCUT2D eigenvalue weighted by molar-refractivity contribution is -0.384. The van der Waals surface area contributed by atoms with Crippen LogP contribution in [0.2, 0.25) is 0 Å². The molecule has 0 radical (unpaired) electrons. The lowest BCUT2D eigenvalue weighted by Crippen LogP contribution is -2.49. The second-order valence-corrected chi connectivity index (χ2v) is 14.3. The second kappa shape index (κ2) is 19.4. The van der Waals surface area contributed by atoms with Gasteiger partial charge in [0.1, 0.15) is 0 Å². The number of unbranched alkanes of at least 4 members (excludes halogenated alkanes) is 3. The van der Waals surface area contributed by atoms with Crippen LogP contribution in [-0.2, 0) is 32.2 Å². The number of nitro benzene ring substituents is 1. The topological polar surface area (TPSA) is 155 Å². The van der Waals surface area contributed by atoms with Crippen LogP contribution >= 0.6 is 0 Å². The van der Waals surface area contributed by atoms with Gasteiger partial charge in [-0.25, -0.2) is 0 Å². The predicted octanol–water partition coefficient (Wildman–Crippen LogP) is 7.16. The molecule has 1 amide bonds. The molecular formula is C43H50N4O8. The molecule has 2 aliphatic heterocycles. The number of nitrogens with zero attached hydrogens (tertiary/aromatic N) is 3. The van der Waals surface area contributed by atoms with Crippen molar-refractivity contribution in [1.82, 2.24) is 10.2 Å². The predicted molar refractivity (Wildman–Crippen MR) is 209 cm³/mol. The summed E-state index contributed by atoms with van der Waals surface area (Å²) in [5.74, 6) is -0.790. The maximum absolute atomic E-state index is 12.4. The SMILES string of the molecule is O=C(O)CCCCCCC(=O)NCc1cccc(-c2ccc([C@@H]3O[C@H](CN4CCN(c5ccc([N+](=O)[O-])cc5)CC4)C[C@H](c4ccc(CO)cc4)O3)cc2)c1. The molecule has 0 bridgehead atoms. The zero-order valence-corrected chi connectivity index (χ0v) is 31.1. The maximum Gasteiger partial charge on any atom is 0.303 e. The number of carbonyl (C=O) groups is 2. The third kappa shape index (κ3) is 11.4. The van der Waals surface area contributed by atoms with Crippen LogP contribution in [0.5, 0.6) is 0 Å². The second-order valence-electron chi connectivity index (χ2n) is 14.3. The van der Waals surface area contributed by atoms with Gasteiger partial charge in [0, 0.05) is 81.9 Å². The summed E-state index contributed by atoms with van der Waals surface area (Å²) in [7, 11) is 0. The molecule has 0 aliphatic carbocycles. The minimum absolute atomic E-state index is 0.00840. The number of carboxylic acids is 1. The Kier molecular flexibility index (Phi) is 14.0. The fraction of sp³-hybridized carbons (Fsp3) is 0.395. The van der Waals surface area contributed by atoms with Crippen LogP contribution in [0.3, 0.4) is 0 Å². The minimum atomic E-state index is -0.782. The van der Waals surface area contributed by atoms with Crippen LogP contribution in [-0.4, -0.2) is 70.7 Å². The number of carbonyl (C=O) groups excluding carboxylic acids is 1. The van der Waals surface area contributed by atoms with Crippen molar-refractivity contribution in [2.75, 3.05) is 37.6 Å². The van der Waals surface area contributed by atoms with Crippen molar-refractivity contribution in [3.63, 3.8) is 0 Å². The van der Waals surface area contributed by atoms with Crippen LogP contribution in [0.25, 0.3) is 11.1 Å². The molecule has 3 atom stereocenters. The number of aliphatic carboxylic acids is 1. The highest BCUT2D eigenvalue weighted by molar-refractivity contribution is 5.76. The van der Waals surface area contributed by atoms with Crippen LogP contribution in [0.4, 0.5) is 11.4 Å². The molecule has 55 heavy (non-hydrogen) atoms. The van der Waals surface area contributed by atoms with Gasteiger partial charge >= 0.3 is 5.97 Å². The van der Waals surface area contributed by atoms with Gasteiger partial charge in [0.05, 0.1) is 23.7 Å². The Hall–Kier alpha value is -5.14. The molecule has 12 nitrogen and oxygen atoms in total. The Morgan fingerprint density at radius 3 is 2.15 bits per heavy atom. The van der Waals surface area contributed by atoms with Gasteiger partial charge in [0.2, 0.25) is 5.91 Å². The van der Waals surface area contributed by atoms with Crippen molar-refractivity contribution >= 4 is 23.3 Å². The first-order chi connectivity index (χ1) is 26.7. The number of hydrogen-bond donors (Lipinski definition) is 3. The van der Waals surface area contributed by atoms with E-state index in [-0.39, 0.29) is 41.8 Å². The molecule has 0 spiro atoms. The third-order valence-corrected chi connectivity index (χ3v) is 10.4. The van der Waals surface area contributed by atoms with Gasteiger partial charge in [-0.2, -0.15) is 0 Å². The Labute approximate surface area is 321 Å². The summed E-state index contributed by atoms with van der Waals surface area (Å²) in [6.07, 6.45) is 3.47. The summed E-state index contributed by atoms with van der Waals surface area (Å²) >= 11 is 0. The lowest BCUT2D eigenvalue weighted by atomic mass is 9.98. The molecule has 3 N–H and O–H groups in total. The van der Waals surface area contributed by atoms with E-state index in [0.29, 0.717) is 25.8 Å². The molecule has 4 aromatic rings. The summed E-state index contributed by atoms with van der Waals surface area (Å²) in [4.78, 5) is 38.4. The highest BCUT2D eigenvalue weighted by Crippen LogP contribution is 2.39. The number of aliphatic hydroxyl groups excluding tert-OH is 1. The molecule has 2 fully saturated rings. The number of hydrogen-bond acceptors (Lipinski definition) is 9. The number of piperazine rings is 1. The fourth-order valence-corrected chi connectivity index (χ4v) is 7.19. The first-order valence-corrected chi connectivity index (χ1v) is 19.1. The summed E-state index contributed by atoms with van der Waals surface area (Å²) in [6, 6.07) is 31.0. The average molecular weight is 751 g/mol. The summed E-state index contributed by atoms with van der Waals surface area (Å²) in [5, 5.41) is 32.4. The van der Waals surface area contributed by atoms with Gasteiger partial charge in [-0.05, 0) is 58.9 Å². The van der Waals surface area contributed by atoms with Crippen molar-refractivity contribution in [2.24, 2.45) is 0 Å². The third-order valence-electron chi connectivity index (χ3n) is 10.4. The normalized spacial score (nSPS) is 18.9. The van der Waals surface area contributed by atoms with E-state index < -0.39 is 12.3 Å². The summed E-state index contributed by atoms with van der Waals surface area (Å²) in [5.41, 5.74) is 6.94. The Morgan fingerprint density at radius 2 is 1.47 bits per heavy atom. The number of nitrogens with one attached hydrogen (secondary N) is 1. The molecule has 0 aromatic heterocycles. The van der Waals surface area contributed by atoms with Crippen LogP contribution < -0.4 is 10.2 Å². The standard InChI is InChI=1S/C43H50N4O8/c48-30-31-10-12-34(13-11-31)40-27-39(29-45-22-24-46(25-23-45)37-18-20-38(21-19-37)47(52)53)54-43(55-40)35-16-14-33(15-17-35)36-7-5-6-32(26-36)28-44-41(49)8-3-1-2-4-9-42(50)51/h5-7,10-21,26,39-40,43,48H,1-4,8-9,22-25,27-30H2,(H,44,49)(H,50,51)/t39-,40+,43+/m0/s1. The number of anilines is 1. The Balaban J connectivity index is 1.06. The molecule has 290 valence electrons. The van der Waals surface area contributed by atoms with Gasteiger partial charge in [0.15, 0.2) is 6.29 Å². The van der Waals surface area contributed by atoms with Crippen LogP contribution in [0, 0.1) is 10.1 Å². The first kappa shape index (κ1) is 39.6. The van der Waals surface area contributed by atoms with Gasteiger partial charge in [-0.3, -0.25) is 24.6 Å². The van der Waals surface area contributed by atoms with Crippen LogP contribution in [0.1, 0.15) is 79.6 Å². The summed E-state index contributed by atoms with van der Waals surface area (Å²) < 4.78 is 13.3. The van der Waals surface area contributed by atoms with Crippen molar-refractivity contribution < 1.29 is 34.2 Å². The molecule has 0 saturated carbocycles. The number of aliphatic hydroxyl groups is 1. The number of ether oxygens (including phenoxy) is 2. The number of carboxylic acid groups (broad SMARTS) is 1. The molecule has 0 unspecified atom stereocenters. The van der Waals surface area contributed by atoms with E-state index in [4.69, 9.17) is 14.6 Å². The van der Waals surface area contributed by atoms with Gasteiger partial charge < -0.3 is 29.9 Å². The lowest BCUT2D eigenvalue weighted by Gasteiger charge is -2.41. The minimum Gasteiger partial charge on any atom is -0.481 e.